The highest BCUT2D eigenvalue weighted by Crippen LogP contribution is 2.27. The zero-order valence-electron chi connectivity index (χ0n) is 10.8. The van der Waals surface area contributed by atoms with Crippen LogP contribution in [-0.2, 0) is 9.59 Å². The first-order valence-electron chi connectivity index (χ1n) is 6.45. The smallest absolute Gasteiger partial charge is 0.306 e. The zero-order valence-corrected chi connectivity index (χ0v) is 13.2. The van der Waals surface area contributed by atoms with Crippen LogP contribution in [0.5, 0.6) is 0 Å². The molecule has 0 radical (unpaired) electrons. The van der Waals surface area contributed by atoms with Crippen LogP contribution in [0.25, 0.3) is 0 Å². The topological polar surface area (TPSA) is 66.4 Å². The Morgan fingerprint density at radius 1 is 1.30 bits per heavy atom. The van der Waals surface area contributed by atoms with Crippen LogP contribution < -0.4 is 5.32 Å². The largest absolute Gasteiger partial charge is 0.481 e. The van der Waals surface area contributed by atoms with Gasteiger partial charge in [0.05, 0.1) is 5.92 Å². The molecule has 0 unspecified atom stereocenters. The molecule has 0 saturated heterocycles. The van der Waals surface area contributed by atoms with Crippen molar-refractivity contribution in [1.82, 2.24) is 5.32 Å². The fourth-order valence-electron chi connectivity index (χ4n) is 2.03. The summed E-state index contributed by atoms with van der Waals surface area (Å²) in [6.07, 6.45) is 1.57. The predicted octanol–water partition coefficient (Wildman–Crippen LogP) is 2.91. The van der Waals surface area contributed by atoms with Crippen molar-refractivity contribution in [3.8, 4) is 0 Å². The van der Waals surface area contributed by atoms with E-state index in [4.69, 9.17) is 5.11 Å². The lowest BCUT2D eigenvalue weighted by Gasteiger charge is -2.32. The zero-order chi connectivity index (χ0) is 14.5. The summed E-state index contributed by atoms with van der Waals surface area (Å²) in [6, 6.07) is 8.01. The van der Waals surface area contributed by atoms with Gasteiger partial charge in [0.15, 0.2) is 0 Å². The number of halogens is 1. The molecule has 0 atom stereocenters. The fourth-order valence-corrected chi connectivity index (χ4v) is 3.15. The van der Waals surface area contributed by atoms with E-state index in [9.17, 15) is 9.59 Å². The molecule has 1 fully saturated rings. The number of thioether (sulfide) groups is 1. The second kappa shape index (κ2) is 7.13. The van der Waals surface area contributed by atoms with Gasteiger partial charge in [0.25, 0.3) is 0 Å². The lowest BCUT2D eigenvalue weighted by Crippen LogP contribution is -2.46. The molecule has 1 aliphatic rings. The monoisotopic (exact) mass is 357 g/mol. The molecule has 2 rings (SSSR count). The van der Waals surface area contributed by atoms with Crippen molar-refractivity contribution in [1.29, 1.82) is 0 Å². The average Bonchev–Trinajstić information content (AvgIpc) is 2.35. The molecule has 0 spiro atoms. The molecule has 1 aliphatic carbocycles. The quantitative estimate of drug-likeness (QED) is 0.768. The summed E-state index contributed by atoms with van der Waals surface area (Å²) in [5, 5.41) is 11.6. The van der Waals surface area contributed by atoms with Crippen molar-refractivity contribution in [3.05, 3.63) is 28.7 Å². The van der Waals surface area contributed by atoms with E-state index in [1.807, 2.05) is 24.3 Å². The van der Waals surface area contributed by atoms with Gasteiger partial charge in [-0.25, -0.2) is 0 Å². The predicted molar refractivity (Wildman–Crippen MR) is 81.8 cm³/mol. The van der Waals surface area contributed by atoms with E-state index in [0.717, 1.165) is 15.1 Å². The van der Waals surface area contributed by atoms with Crippen LogP contribution in [-0.4, -0.2) is 28.8 Å². The Morgan fingerprint density at radius 2 is 1.95 bits per heavy atom. The first kappa shape index (κ1) is 15.4. The normalized spacial score (nSPS) is 21.1. The van der Waals surface area contributed by atoms with Gasteiger partial charge in [-0.15, -0.1) is 11.8 Å². The molecule has 0 bridgehead atoms. The van der Waals surface area contributed by atoms with Crippen molar-refractivity contribution in [2.45, 2.75) is 30.2 Å². The molecule has 4 nitrogen and oxygen atoms in total. The number of hydrogen-bond donors (Lipinski definition) is 2. The Bertz CT molecular complexity index is 486. The van der Waals surface area contributed by atoms with E-state index in [0.29, 0.717) is 19.3 Å². The van der Waals surface area contributed by atoms with Gasteiger partial charge in [-0.1, -0.05) is 15.9 Å². The third-order valence-electron chi connectivity index (χ3n) is 3.26. The van der Waals surface area contributed by atoms with E-state index in [1.54, 1.807) is 11.8 Å². The van der Waals surface area contributed by atoms with Crippen LogP contribution in [0.4, 0.5) is 0 Å². The lowest BCUT2D eigenvalue weighted by molar-refractivity contribution is -0.146. The van der Waals surface area contributed by atoms with Crippen molar-refractivity contribution < 1.29 is 14.7 Å². The maximum Gasteiger partial charge on any atom is 0.306 e. The SMILES string of the molecule is O=C(CCSc1ccc(Br)cc1)NC1CC(C(=O)O)C1. The molecule has 20 heavy (non-hydrogen) atoms. The molecule has 0 heterocycles. The van der Waals surface area contributed by atoms with E-state index in [-0.39, 0.29) is 17.9 Å². The Kier molecular flexibility index (Phi) is 5.48. The van der Waals surface area contributed by atoms with Gasteiger partial charge in [-0.3, -0.25) is 9.59 Å². The minimum absolute atomic E-state index is 0.00319. The number of carbonyl (C=O) groups is 2. The summed E-state index contributed by atoms with van der Waals surface area (Å²) < 4.78 is 1.04. The number of hydrogen-bond acceptors (Lipinski definition) is 3. The van der Waals surface area contributed by atoms with Crippen LogP contribution in [0.15, 0.2) is 33.6 Å². The number of benzene rings is 1. The second-order valence-electron chi connectivity index (χ2n) is 4.82. The van der Waals surface area contributed by atoms with Crippen molar-refractivity contribution in [3.63, 3.8) is 0 Å². The third kappa shape index (κ3) is 4.52. The average molecular weight is 358 g/mol. The van der Waals surface area contributed by atoms with Gasteiger partial charge in [-0.2, -0.15) is 0 Å². The summed E-state index contributed by atoms with van der Waals surface area (Å²) in [5.41, 5.74) is 0. The third-order valence-corrected chi connectivity index (χ3v) is 4.81. The lowest BCUT2D eigenvalue weighted by atomic mass is 9.80. The molecule has 1 aromatic carbocycles. The summed E-state index contributed by atoms with van der Waals surface area (Å²) in [6.45, 7) is 0. The van der Waals surface area contributed by atoms with Crippen LogP contribution >= 0.6 is 27.7 Å². The van der Waals surface area contributed by atoms with E-state index in [1.165, 1.54) is 0 Å². The minimum atomic E-state index is -0.763. The molecular weight excluding hydrogens is 342 g/mol. The fraction of sp³-hybridized carbons (Fsp3) is 0.429. The molecule has 0 aromatic heterocycles. The minimum Gasteiger partial charge on any atom is -0.481 e. The summed E-state index contributed by atoms with van der Waals surface area (Å²) in [5.74, 6) is -0.315. The maximum atomic E-state index is 11.7. The van der Waals surface area contributed by atoms with Gasteiger partial charge >= 0.3 is 5.97 Å². The molecule has 2 N–H and O–H groups in total. The molecule has 1 amide bonds. The standard InChI is InChI=1S/C14H16BrNO3S/c15-10-1-3-12(4-2-10)20-6-5-13(17)16-11-7-9(8-11)14(18)19/h1-4,9,11H,5-8H2,(H,16,17)(H,18,19). The number of carboxylic acid groups (broad SMARTS) is 1. The second-order valence-corrected chi connectivity index (χ2v) is 6.91. The Hall–Kier alpha value is -1.01. The van der Waals surface area contributed by atoms with Crippen LogP contribution in [0.2, 0.25) is 0 Å². The Balaban J connectivity index is 1.61. The van der Waals surface area contributed by atoms with E-state index in [2.05, 4.69) is 21.2 Å². The Labute approximate surface area is 130 Å². The first-order valence-corrected chi connectivity index (χ1v) is 8.23. The number of rotatable bonds is 6. The maximum absolute atomic E-state index is 11.7. The first-order chi connectivity index (χ1) is 9.54. The van der Waals surface area contributed by atoms with Crippen LogP contribution in [0.3, 0.4) is 0 Å². The Morgan fingerprint density at radius 3 is 2.55 bits per heavy atom. The molecule has 1 aromatic rings. The van der Waals surface area contributed by atoms with E-state index >= 15 is 0 Å². The van der Waals surface area contributed by atoms with Gasteiger partial charge in [0, 0.05) is 27.6 Å². The van der Waals surface area contributed by atoms with Crippen molar-refractivity contribution in [2.75, 3.05) is 5.75 Å². The van der Waals surface area contributed by atoms with Gasteiger partial charge in [0.2, 0.25) is 5.91 Å². The summed E-state index contributed by atoms with van der Waals surface area (Å²) in [7, 11) is 0. The number of aliphatic carboxylic acids is 1. The van der Waals surface area contributed by atoms with Gasteiger partial charge in [-0.05, 0) is 37.1 Å². The summed E-state index contributed by atoms with van der Waals surface area (Å²) >= 11 is 5.02. The van der Waals surface area contributed by atoms with Gasteiger partial charge < -0.3 is 10.4 Å². The van der Waals surface area contributed by atoms with Crippen molar-refractivity contribution >= 4 is 39.6 Å². The van der Waals surface area contributed by atoms with Crippen molar-refractivity contribution in [2.24, 2.45) is 5.92 Å². The molecule has 6 heteroatoms. The molecule has 0 aliphatic heterocycles. The highest BCUT2D eigenvalue weighted by molar-refractivity contribution is 9.10. The molecule has 1 saturated carbocycles. The number of nitrogens with one attached hydrogen (secondary N) is 1. The van der Waals surface area contributed by atoms with Crippen LogP contribution in [0.1, 0.15) is 19.3 Å². The number of carbonyl (C=O) groups excluding carboxylic acids is 1. The highest BCUT2D eigenvalue weighted by Gasteiger charge is 2.34. The van der Waals surface area contributed by atoms with Gasteiger partial charge in [0.1, 0.15) is 0 Å². The van der Waals surface area contributed by atoms with E-state index < -0.39 is 5.97 Å². The number of carboxylic acids is 1. The highest BCUT2D eigenvalue weighted by atomic mass is 79.9. The van der Waals surface area contributed by atoms with Crippen LogP contribution in [0, 0.1) is 5.92 Å². The molecule has 108 valence electrons. The molecular formula is C14H16BrNO3S. The number of amides is 1. The summed E-state index contributed by atoms with van der Waals surface area (Å²) in [4.78, 5) is 23.5.